The zero-order chi connectivity index (χ0) is 20.4. The SMILES string of the molecule is Cc1cc(C)cc(Nc2nc(N[C@H](C3CCC3)[C@H](C)N)c(F)cc2C(N)=O)c1. The molecule has 6 N–H and O–H groups in total. The minimum absolute atomic E-state index is 0.00296. The summed E-state index contributed by atoms with van der Waals surface area (Å²) < 4.78 is 14.7. The first kappa shape index (κ1) is 20.1. The second kappa shape index (κ2) is 8.14. The zero-order valence-electron chi connectivity index (χ0n) is 16.6. The molecule has 28 heavy (non-hydrogen) atoms. The van der Waals surface area contributed by atoms with Crippen LogP contribution in [-0.2, 0) is 0 Å². The maximum atomic E-state index is 14.7. The number of nitrogens with two attached hydrogens (primary N) is 2. The highest BCUT2D eigenvalue weighted by atomic mass is 19.1. The van der Waals surface area contributed by atoms with Crippen LogP contribution >= 0.6 is 0 Å². The average Bonchev–Trinajstić information content (AvgIpc) is 2.53. The Morgan fingerprint density at radius 1 is 1.18 bits per heavy atom. The Morgan fingerprint density at radius 3 is 2.32 bits per heavy atom. The molecule has 1 aromatic heterocycles. The summed E-state index contributed by atoms with van der Waals surface area (Å²) in [6.45, 7) is 5.86. The number of pyridine rings is 1. The van der Waals surface area contributed by atoms with E-state index in [2.05, 4.69) is 15.6 Å². The maximum Gasteiger partial charge on any atom is 0.252 e. The van der Waals surface area contributed by atoms with Gasteiger partial charge in [-0.3, -0.25) is 4.79 Å². The van der Waals surface area contributed by atoms with E-state index in [4.69, 9.17) is 11.5 Å². The van der Waals surface area contributed by atoms with E-state index in [1.165, 1.54) is 0 Å². The van der Waals surface area contributed by atoms with Crippen molar-refractivity contribution in [2.45, 2.75) is 52.1 Å². The smallest absolute Gasteiger partial charge is 0.252 e. The number of nitrogens with zero attached hydrogens (tertiary/aromatic N) is 1. The second-order valence-corrected chi connectivity index (χ2v) is 7.80. The average molecular weight is 385 g/mol. The van der Waals surface area contributed by atoms with Crippen LogP contribution in [0.5, 0.6) is 0 Å². The van der Waals surface area contributed by atoms with Crippen molar-refractivity contribution in [1.29, 1.82) is 0 Å². The Hall–Kier alpha value is -2.67. The van der Waals surface area contributed by atoms with E-state index in [9.17, 15) is 9.18 Å². The molecule has 0 spiro atoms. The topological polar surface area (TPSA) is 106 Å². The molecule has 1 aromatic carbocycles. The van der Waals surface area contributed by atoms with E-state index in [0.717, 1.165) is 42.1 Å². The van der Waals surface area contributed by atoms with Gasteiger partial charge in [0.15, 0.2) is 11.6 Å². The molecule has 1 aliphatic rings. The number of nitrogens with one attached hydrogen (secondary N) is 2. The van der Waals surface area contributed by atoms with E-state index >= 15 is 0 Å². The van der Waals surface area contributed by atoms with Crippen molar-refractivity contribution in [3.63, 3.8) is 0 Å². The van der Waals surface area contributed by atoms with Gasteiger partial charge in [-0.15, -0.1) is 0 Å². The van der Waals surface area contributed by atoms with Gasteiger partial charge in [0, 0.05) is 17.8 Å². The number of aryl methyl sites for hydroxylation is 2. The molecule has 0 unspecified atom stereocenters. The molecule has 0 saturated heterocycles. The molecule has 1 fully saturated rings. The Kier molecular flexibility index (Phi) is 5.84. The Morgan fingerprint density at radius 2 is 1.82 bits per heavy atom. The predicted molar refractivity (Wildman–Crippen MR) is 110 cm³/mol. The highest BCUT2D eigenvalue weighted by Crippen LogP contribution is 2.33. The van der Waals surface area contributed by atoms with Crippen molar-refractivity contribution < 1.29 is 9.18 Å². The lowest BCUT2D eigenvalue weighted by molar-refractivity contribution is 0.100. The predicted octanol–water partition coefficient (Wildman–Crippen LogP) is 3.61. The molecule has 3 rings (SSSR count). The number of primary amides is 1. The van der Waals surface area contributed by atoms with Gasteiger partial charge in [0.05, 0.1) is 5.56 Å². The van der Waals surface area contributed by atoms with Gasteiger partial charge >= 0.3 is 0 Å². The first-order chi connectivity index (χ1) is 13.2. The van der Waals surface area contributed by atoms with Crippen LogP contribution in [0.3, 0.4) is 0 Å². The summed E-state index contributed by atoms with van der Waals surface area (Å²) in [5.74, 6) is -0.672. The lowest BCUT2D eigenvalue weighted by atomic mass is 9.77. The second-order valence-electron chi connectivity index (χ2n) is 7.80. The third-order valence-corrected chi connectivity index (χ3v) is 5.25. The maximum absolute atomic E-state index is 14.7. The number of rotatable bonds is 7. The monoisotopic (exact) mass is 385 g/mol. The first-order valence-electron chi connectivity index (χ1n) is 9.62. The summed E-state index contributed by atoms with van der Waals surface area (Å²) in [4.78, 5) is 16.2. The summed E-state index contributed by atoms with van der Waals surface area (Å²) in [5.41, 5.74) is 14.4. The number of anilines is 3. The Bertz CT molecular complexity index is 859. The summed E-state index contributed by atoms with van der Waals surface area (Å²) in [6.07, 6.45) is 3.29. The number of aromatic nitrogens is 1. The Labute approximate surface area is 164 Å². The van der Waals surface area contributed by atoms with Gasteiger partial charge in [0.2, 0.25) is 0 Å². The van der Waals surface area contributed by atoms with Crippen LogP contribution in [0.4, 0.5) is 21.7 Å². The molecular weight excluding hydrogens is 357 g/mol. The fourth-order valence-electron chi connectivity index (χ4n) is 3.69. The van der Waals surface area contributed by atoms with Crippen molar-refractivity contribution in [1.82, 2.24) is 4.98 Å². The van der Waals surface area contributed by atoms with Crippen LogP contribution < -0.4 is 22.1 Å². The summed E-state index contributed by atoms with van der Waals surface area (Å²) in [7, 11) is 0. The van der Waals surface area contributed by atoms with Gasteiger partial charge in [0.25, 0.3) is 5.91 Å². The third-order valence-electron chi connectivity index (χ3n) is 5.25. The molecule has 150 valence electrons. The van der Waals surface area contributed by atoms with E-state index in [-0.39, 0.29) is 29.3 Å². The van der Waals surface area contributed by atoms with Crippen molar-refractivity contribution in [3.8, 4) is 0 Å². The van der Waals surface area contributed by atoms with Crippen LogP contribution in [0.25, 0.3) is 0 Å². The van der Waals surface area contributed by atoms with Gasteiger partial charge in [-0.1, -0.05) is 12.5 Å². The molecule has 1 amide bonds. The highest BCUT2D eigenvalue weighted by Gasteiger charge is 2.31. The molecule has 1 saturated carbocycles. The number of halogens is 1. The third kappa shape index (κ3) is 4.42. The molecular formula is C21H28FN5O. The molecule has 0 radical (unpaired) electrons. The normalized spacial score (nSPS) is 16.2. The summed E-state index contributed by atoms with van der Waals surface area (Å²) in [5, 5.41) is 6.27. The van der Waals surface area contributed by atoms with E-state index in [1.807, 2.05) is 39.0 Å². The minimum Gasteiger partial charge on any atom is -0.365 e. The van der Waals surface area contributed by atoms with Gasteiger partial charge < -0.3 is 22.1 Å². The number of hydrogen-bond acceptors (Lipinski definition) is 5. The number of benzene rings is 1. The lowest BCUT2D eigenvalue weighted by Gasteiger charge is -2.37. The number of carbonyl (C=O) groups is 1. The standard InChI is InChI=1S/C21H28FN5O/c1-11-7-12(2)9-15(8-11)25-20-16(19(24)28)10-17(22)21(27-20)26-18(13(3)23)14-5-4-6-14/h7-10,13-14,18H,4-6,23H2,1-3H3,(H2,24,28)(H2,25,26,27)/t13-,18-/m0/s1. The molecule has 2 atom stereocenters. The van der Waals surface area contributed by atoms with E-state index < -0.39 is 11.7 Å². The summed E-state index contributed by atoms with van der Waals surface area (Å²) >= 11 is 0. The number of carbonyl (C=O) groups excluding carboxylic acids is 1. The van der Waals surface area contributed by atoms with Crippen LogP contribution in [-0.4, -0.2) is 23.0 Å². The molecule has 0 bridgehead atoms. The van der Waals surface area contributed by atoms with E-state index in [0.29, 0.717) is 5.92 Å². The minimum atomic E-state index is -0.743. The summed E-state index contributed by atoms with van der Waals surface area (Å²) in [6, 6.07) is 6.78. The van der Waals surface area contributed by atoms with Crippen LogP contribution in [0.15, 0.2) is 24.3 Å². The molecule has 6 nitrogen and oxygen atoms in total. The van der Waals surface area contributed by atoms with Gasteiger partial charge in [-0.2, -0.15) is 0 Å². The van der Waals surface area contributed by atoms with Crippen LogP contribution in [0, 0.1) is 25.6 Å². The largest absolute Gasteiger partial charge is 0.365 e. The van der Waals surface area contributed by atoms with Gasteiger partial charge in [-0.25, -0.2) is 9.37 Å². The molecule has 1 heterocycles. The zero-order valence-corrected chi connectivity index (χ0v) is 16.6. The molecule has 2 aromatic rings. The first-order valence-corrected chi connectivity index (χ1v) is 9.62. The Balaban J connectivity index is 1.95. The van der Waals surface area contributed by atoms with Crippen molar-refractivity contribution in [2.24, 2.45) is 17.4 Å². The molecule has 7 heteroatoms. The lowest BCUT2D eigenvalue weighted by Crippen LogP contribution is -2.46. The fourth-order valence-corrected chi connectivity index (χ4v) is 3.69. The molecule has 0 aliphatic heterocycles. The molecule has 1 aliphatic carbocycles. The quantitative estimate of drug-likeness (QED) is 0.583. The number of amides is 1. The van der Waals surface area contributed by atoms with Crippen molar-refractivity contribution >= 4 is 23.2 Å². The van der Waals surface area contributed by atoms with Crippen molar-refractivity contribution in [3.05, 3.63) is 46.8 Å². The van der Waals surface area contributed by atoms with Crippen molar-refractivity contribution in [2.75, 3.05) is 10.6 Å². The number of hydrogen-bond donors (Lipinski definition) is 4. The van der Waals surface area contributed by atoms with Gasteiger partial charge in [-0.05, 0) is 68.9 Å². The van der Waals surface area contributed by atoms with Crippen LogP contribution in [0.1, 0.15) is 47.7 Å². The van der Waals surface area contributed by atoms with Gasteiger partial charge in [0.1, 0.15) is 5.82 Å². The highest BCUT2D eigenvalue weighted by molar-refractivity contribution is 5.98. The van der Waals surface area contributed by atoms with E-state index in [1.54, 1.807) is 0 Å². The van der Waals surface area contributed by atoms with Crippen LogP contribution in [0.2, 0.25) is 0 Å². The fraction of sp³-hybridized carbons (Fsp3) is 0.429.